The molecule has 2 atom stereocenters. The van der Waals surface area contributed by atoms with Crippen LogP contribution >= 0.6 is 0 Å². The van der Waals surface area contributed by atoms with Gasteiger partial charge in [-0.15, -0.1) is 0 Å². The maximum absolute atomic E-state index is 11.8. The SMILES string of the molecule is CC(C)(C)OC(=O)N1CC(C[C@@H]2CCC[C@H](N)C2)C1. The van der Waals surface area contributed by atoms with Gasteiger partial charge >= 0.3 is 6.09 Å². The fourth-order valence-electron chi connectivity index (χ4n) is 3.21. The molecule has 4 heteroatoms. The Hall–Kier alpha value is -0.770. The van der Waals surface area contributed by atoms with Crippen molar-refractivity contribution in [2.45, 2.75) is 64.5 Å². The minimum absolute atomic E-state index is 0.163. The third-order valence-corrected chi connectivity index (χ3v) is 4.10. The zero-order chi connectivity index (χ0) is 14.0. The second-order valence-corrected chi connectivity index (χ2v) is 7.28. The summed E-state index contributed by atoms with van der Waals surface area (Å²) in [5, 5.41) is 0. The van der Waals surface area contributed by atoms with Crippen molar-refractivity contribution in [3.63, 3.8) is 0 Å². The minimum Gasteiger partial charge on any atom is -0.444 e. The molecule has 19 heavy (non-hydrogen) atoms. The summed E-state index contributed by atoms with van der Waals surface area (Å²) in [6, 6.07) is 0.404. The predicted octanol–water partition coefficient (Wildman–Crippen LogP) is 2.76. The summed E-state index contributed by atoms with van der Waals surface area (Å²) in [4.78, 5) is 13.6. The zero-order valence-electron chi connectivity index (χ0n) is 12.5. The van der Waals surface area contributed by atoms with Gasteiger partial charge in [-0.2, -0.15) is 0 Å². The van der Waals surface area contributed by atoms with E-state index in [0.29, 0.717) is 12.0 Å². The first kappa shape index (κ1) is 14.6. The Labute approximate surface area is 116 Å². The molecular weight excluding hydrogens is 240 g/mol. The summed E-state index contributed by atoms with van der Waals surface area (Å²) in [7, 11) is 0. The number of carbonyl (C=O) groups excluding carboxylic acids is 1. The quantitative estimate of drug-likeness (QED) is 0.838. The number of rotatable bonds is 2. The fraction of sp³-hybridized carbons (Fsp3) is 0.933. The molecule has 2 N–H and O–H groups in total. The molecule has 2 fully saturated rings. The second-order valence-electron chi connectivity index (χ2n) is 7.28. The van der Waals surface area contributed by atoms with E-state index in [4.69, 9.17) is 10.5 Å². The van der Waals surface area contributed by atoms with Gasteiger partial charge in [0.05, 0.1) is 0 Å². The first-order valence-corrected chi connectivity index (χ1v) is 7.57. The molecule has 4 nitrogen and oxygen atoms in total. The lowest BCUT2D eigenvalue weighted by Crippen LogP contribution is -2.52. The summed E-state index contributed by atoms with van der Waals surface area (Å²) in [5.41, 5.74) is 5.63. The highest BCUT2D eigenvalue weighted by Gasteiger charge is 2.35. The molecule has 0 aromatic carbocycles. The van der Waals surface area contributed by atoms with Crippen LogP contribution in [0.1, 0.15) is 52.9 Å². The van der Waals surface area contributed by atoms with Gasteiger partial charge < -0.3 is 15.4 Å². The Kier molecular flexibility index (Phi) is 4.39. The maximum atomic E-state index is 11.8. The van der Waals surface area contributed by atoms with Crippen LogP contribution in [0.4, 0.5) is 4.79 Å². The largest absolute Gasteiger partial charge is 0.444 e. The number of hydrogen-bond acceptors (Lipinski definition) is 3. The van der Waals surface area contributed by atoms with Crippen LogP contribution in [-0.4, -0.2) is 35.7 Å². The number of nitrogens with two attached hydrogens (primary N) is 1. The Morgan fingerprint density at radius 3 is 2.53 bits per heavy atom. The second kappa shape index (κ2) is 5.70. The van der Waals surface area contributed by atoms with Crippen LogP contribution in [0.15, 0.2) is 0 Å². The first-order valence-electron chi connectivity index (χ1n) is 7.57. The van der Waals surface area contributed by atoms with Crippen LogP contribution in [0.5, 0.6) is 0 Å². The number of ether oxygens (including phenoxy) is 1. The lowest BCUT2D eigenvalue weighted by Gasteiger charge is -2.42. The van der Waals surface area contributed by atoms with Crippen LogP contribution in [0, 0.1) is 11.8 Å². The van der Waals surface area contributed by atoms with Crippen LogP contribution in [-0.2, 0) is 4.74 Å². The Morgan fingerprint density at radius 2 is 1.95 bits per heavy atom. The van der Waals surface area contributed by atoms with E-state index in [1.165, 1.54) is 32.1 Å². The molecule has 110 valence electrons. The Morgan fingerprint density at radius 1 is 1.26 bits per heavy atom. The summed E-state index contributed by atoms with van der Waals surface area (Å²) in [5.74, 6) is 1.43. The molecule has 2 rings (SSSR count). The van der Waals surface area contributed by atoms with E-state index in [9.17, 15) is 4.79 Å². The van der Waals surface area contributed by atoms with Crippen molar-refractivity contribution in [1.82, 2.24) is 4.90 Å². The molecule has 1 amide bonds. The van der Waals surface area contributed by atoms with Gasteiger partial charge in [-0.25, -0.2) is 4.79 Å². The van der Waals surface area contributed by atoms with Gasteiger partial charge in [0.15, 0.2) is 0 Å². The standard InChI is InChI=1S/C15H28N2O2/c1-15(2,3)19-14(18)17-9-12(10-17)7-11-5-4-6-13(16)8-11/h11-13H,4-10,16H2,1-3H3/t11-,13-/m0/s1. The van der Waals surface area contributed by atoms with Gasteiger partial charge in [0.2, 0.25) is 0 Å². The number of carbonyl (C=O) groups is 1. The highest BCUT2D eigenvalue weighted by atomic mass is 16.6. The van der Waals surface area contributed by atoms with Crippen molar-refractivity contribution >= 4 is 6.09 Å². The molecule has 0 bridgehead atoms. The minimum atomic E-state index is -0.391. The molecule has 2 aliphatic rings. The highest BCUT2D eigenvalue weighted by Crippen LogP contribution is 2.32. The van der Waals surface area contributed by atoms with Crippen LogP contribution in [0.2, 0.25) is 0 Å². The lowest BCUT2D eigenvalue weighted by molar-refractivity contribution is -0.00550. The number of amides is 1. The van der Waals surface area contributed by atoms with Gasteiger partial charge in [-0.1, -0.05) is 12.8 Å². The van der Waals surface area contributed by atoms with Crippen molar-refractivity contribution in [1.29, 1.82) is 0 Å². The van der Waals surface area contributed by atoms with Crippen molar-refractivity contribution < 1.29 is 9.53 Å². The molecule has 0 unspecified atom stereocenters. The fourth-order valence-corrected chi connectivity index (χ4v) is 3.21. The van der Waals surface area contributed by atoms with Crippen molar-refractivity contribution in [3.8, 4) is 0 Å². The maximum Gasteiger partial charge on any atom is 0.410 e. The van der Waals surface area contributed by atoms with Gasteiger partial charge in [0.1, 0.15) is 5.60 Å². The van der Waals surface area contributed by atoms with E-state index in [-0.39, 0.29) is 6.09 Å². The average molecular weight is 268 g/mol. The summed E-state index contributed by atoms with van der Waals surface area (Å²) in [6.45, 7) is 7.45. The molecule has 0 aromatic rings. The molecule has 1 aliphatic heterocycles. The summed E-state index contributed by atoms with van der Waals surface area (Å²) < 4.78 is 5.36. The Balaban J connectivity index is 1.67. The number of nitrogens with zero attached hydrogens (tertiary/aromatic N) is 1. The first-order chi connectivity index (χ1) is 8.83. The van der Waals surface area contributed by atoms with Crippen LogP contribution < -0.4 is 5.73 Å². The van der Waals surface area contributed by atoms with Gasteiger partial charge in [0, 0.05) is 19.1 Å². The number of likely N-dealkylation sites (tertiary alicyclic amines) is 1. The molecule has 1 saturated carbocycles. The Bertz CT molecular complexity index is 319. The molecule has 1 heterocycles. The van der Waals surface area contributed by atoms with Crippen molar-refractivity contribution in [3.05, 3.63) is 0 Å². The van der Waals surface area contributed by atoms with E-state index < -0.39 is 5.60 Å². The molecule has 1 aliphatic carbocycles. The third-order valence-electron chi connectivity index (χ3n) is 4.10. The topological polar surface area (TPSA) is 55.6 Å². The number of hydrogen-bond donors (Lipinski definition) is 1. The van der Waals surface area contributed by atoms with E-state index in [0.717, 1.165) is 19.0 Å². The third kappa shape index (κ3) is 4.37. The molecule has 0 aromatic heterocycles. The average Bonchev–Trinajstić information content (AvgIpc) is 2.20. The highest BCUT2D eigenvalue weighted by molar-refractivity contribution is 5.69. The predicted molar refractivity (Wildman–Crippen MR) is 75.8 cm³/mol. The van der Waals surface area contributed by atoms with Crippen molar-refractivity contribution in [2.75, 3.05) is 13.1 Å². The van der Waals surface area contributed by atoms with Crippen molar-refractivity contribution in [2.24, 2.45) is 17.6 Å². The van der Waals surface area contributed by atoms with Gasteiger partial charge in [-0.3, -0.25) is 0 Å². The van der Waals surface area contributed by atoms with Gasteiger partial charge in [-0.05, 0) is 51.9 Å². The van der Waals surface area contributed by atoms with E-state index in [2.05, 4.69) is 0 Å². The molecule has 0 spiro atoms. The summed E-state index contributed by atoms with van der Waals surface area (Å²) >= 11 is 0. The lowest BCUT2D eigenvalue weighted by atomic mass is 9.79. The van der Waals surface area contributed by atoms with E-state index >= 15 is 0 Å². The van der Waals surface area contributed by atoms with Crippen LogP contribution in [0.3, 0.4) is 0 Å². The zero-order valence-corrected chi connectivity index (χ0v) is 12.5. The van der Waals surface area contributed by atoms with Crippen LogP contribution in [0.25, 0.3) is 0 Å². The molecular formula is C15H28N2O2. The van der Waals surface area contributed by atoms with E-state index in [1.807, 2.05) is 25.7 Å². The molecule has 1 saturated heterocycles. The smallest absolute Gasteiger partial charge is 0.410 e. The van der Waals surface area contributed by atoms with E-state index in [1.54, 1.807) is 0 Å². The monoisotopic (exact) mass is 268 g/mol. The normalized spacial score (nSPS) is 28.9. The molecule has 0 radical (unpaired) electrons. The summed E-state index contributed by atoms with van der Waals surface area (Å²) in [6.07, 6.45) is 6.01. The van der Waals surface area contributed by atoms with Gasteiger partial charge in [0.25, 0.3) is 0 Å².